The van der Waals surface area contributed by atoms with Crippen LogP contribution < -0.4 is 10.1 Å². The maximum atomic E-state index is 12.1. The van der Waals surface area contributed by atoms with E-state index in [9.17, 15) is 9.59 Å². The molecule has 0 spiro atoms. The molecule has 0 bridgehead atoms. The fourth-order valence-corrected chi connectivity index (χ4v) is 2.02. The number of nitrogens with zero attached hydrogens (tertiary/aromatic N) is 1. The van der Waals surface area contributed by atoms with Gasteiger partial charge in [0.2, 0.25) is 5.91 Å². The first-order valence-corrected chi connectivity index (χ1v) is 7.42. The van der Waals surface area contributed by atoms with Crippen molar-refractivity contribution >= 4 is 17.7 Å². The zero-order chi connectivity index (χ0) is 17.5. The number of anilines is 1. The second-order valence-corrected chi connectivity index (χ2v) is 5.29. The van der Waals surface area contributed by atoms with E-state index < -0.39 is 6.09 Å². The number of hydrogen-bond donors (Lipinski definition) is 1. The van der Waals surface area contributed by atoms with Gasteiger partial charge >= 0.3 is 6.09 Å². The van der Waals surface area contributed by atoms with Crippen molar-refractivity contribution in [3.05, 3.63) is 54.1 Å². The summed E-state index contributed by atoms with van der Waals surface area (Å²) in [5.41, 5.74) is 1.66. The largest absolute Gasteiger partial charge is 0.455 e. The molecule has 2 aromatic carbocycles. The Labute approximate surface area is 141 Å². The molecule has 0 aliphatic carbocycles. The van der Waals surface area contributed by atoms with Gasteiger partial charge in [-0.2, -0.15) is 0 Å². The Balaban J connectivity index is 2.07. The molecule has 126 valence electrons. The van der Waals surface area contributed by atoms with Gasteiger partial charge in [-0.25, -0.2) is 4.79 Å². The van der Waals surface area contributed by atoms with E-state index >= 15 is 0 Å². The van der Waals surface area contributed by atoms with Gasteiger partial charge in [0.25, 0.3) is 0 Å². The standard InChI is InChI=1S/C18H20N2O4/c1-13-8-10-14(11-9-13)24-16-7-5-4-6-15(16)19-17(21)12-20(2)18(22)23-3/h4-11H,12H2,1-3H3,(H,19,21). The number of benzene rings is 2. The molecule has 0 saturated carbocycles. The quantitative estimate of drug-likeness (QED) is 0.913. The molecule has 0 fully saturated rings. The first kappa shape index (κ1) is 17.3. The molecule has 24 heavy (non-hydrogen) atoms. The lowest BCUT2D eigenvalue weighted by molar-refractivity contribution is -0.116. The minimum Gasteiger partial charge on any atom is -0.455 e. The number of rotatable bonds is 5. The van der Waals surface area contributed by atoms with E-state index in [1.165, 1.54) is 19.1 Å². The summed E-state index contributed by atoms with van der Waals surface area (Å²) in [5.74, 6) is 0.854. The van der Waals surface area contributed by atoms with Crippen molar-refractivity contribution in [2.75, 3.05) is 26.0 Å². The molecular formula is C18H20N2O4. The molecule has 6 nitrogen and oxygen atoms in total. The van der Waals surface area contributed by atoms with Crippen LogP contribution in [0, 0.1) is 6.92 Å². The molecular weight excluding hydrogens is 308 g/mol. The molecule has 0 saturated heterocycles. The number of carbonyl (C=O) groups is 2. The van der Waals surface area contributed by atoms with E-state index in [4.69, 9.17) is 4.74 Å². The van der Waals surface area contributed by atoms with Crippen molar-refractivity contribution in [3.63, 3.8) is 0 Å². The van der Waals surface area contributed by atoms with E-state index in [0.717, 1.165) is 5.56 Å². The Hall–Kier alpha value is -3.02. The number of amides is 2. The Morgan fingerprint density at radius 2 is 1.75 bits per heavy atom. The van der Waals surface area contributed by atoms with Crippen LogP contribution in [0.3, 0.4) is 0 Å². The van der Waals surface area contributed by atoms with Crippen molar-refractivity contribution in [2.45, 2.75) is 6.92 Å². The highest BCUT2D eigenvalue weighted by molar-refractivity contribution is 5.95. The van der Waals surface area contributed by atoms with Gasteiger partial charge in [-0.3, -0.25) is 4.79 Å². The zero-order valence-corrected chi connectivity index (χ0v) is 13.9. The number of likely N-dealkylation sites (N-methyl/N-ethyl adjacent to an activating group) is 1. The number of aryl methyl sites for hydroxylation is 1. The Bertz CT molecular complexity index is 713. The maximum Gasteiger partial charge on any atom is 0.409 e. The second kappa shape index (κ2) is 8.01. The Morgan fingerprint density at radius 1 is 1.08 bits per heavy atom. The molecule has 0 radical (unpaired) electrons. The highest BCUT2D eigenvalue weighted by atomic mass is 16.5. The molecule has 2 aromatic rings. The topological polar surface area (TPSA) is 67.9 Å². The van der Waals surface area contributed by atoms with Gasteiger partial charge in [0.15, 0.2) is 5.75 Å². The SMILES string of the molecule is COC(=O)N(C)CC(=O)Nc1ccccc1Oc1ccc(C)cc1. The summed E-state index contributed by atoms with van der Waals surface area (Å²) in [6.45, 7) is 1.88. The highest BCUT2D eigenvalue weighted by Crippen LogP contribution is 2.29. The van der Waals surface area contributed by atoms with Crippen molar-refractivity contribution in [1.29, 1.82) is 0 Å². The van der Waals surface area contributed by atoms with E-state index in [1.807, 2.05) is 37.3 Å². The molecule has 0 heterocycles. The van der Waals surface area contributed by atoms with Crippen molar-refractivity contribution in [1.82, 2.24) is 4.90 Å². The average molecular weight is 328 g/mol. The molecule has 0 aliphatic rings. The third-order valence-electron chi connectivity index (χ3n) is 3.28. The molecule has 0 aromatic heterocycles. The lowest BCUT2D eigenvalue weighted by Crippen LogP contribution is -2.34. The van der Waals surface area contributed by atoms with Crippen LogP contribution in [0.15, 0.2) is 48.5 Å². The van der Waals surface area contributed by atoms with Crippen molar-refractivity contribution in [3.8, 4) is 11.5 Å². The van der Waals surface area contributed by atoms with Gasteiger partial charge in [0.1, 0.15) is 12.3 Å². The number of hydrogen-bond acceptors (Lipinski definition) is 4. The number of ether oxygens (including phenoxy) is 2. The number of nitrogens with one attached hydrogen (secondary N) is 1. The molecule has 2 rings (SSSR count). The highest BCUT2D eigenvalue weighted by Gasteiger charge is 2.14. The minimum atomic E-state index is -0.575. The third-order valence-corrected chi connectivity index (χ3v) is 3.28. The van der Waals surface area contributed by atoms with E-state index in [1.54, 1.807) is 18.2 Å². The van der Waals surface area contributed by atoms with Crippen molar-refractivity contribution in [2.24, 2.45) is 0 Å². The first-order valence-electron chi connectivity index (χ1n) is 7.42. The summed E-state index contributed by atoms with van der Waals surface area (Å²) in [6, 6.07) is 14.7. The molecule has 0 unspecified atom stereocenters. The van der Waals surface area contributed by atoms with Crippen LogP contribution in [0.4, 0.5) is 10.5 Å². The van der Waals surface area contributed by atoms with Crippen LogP contribution in [0.1, 0.15) is 5.56 Å². The fraction of sp³-hybridized carbons (Fsp3) is 0.222. The molecule has 6 heteroatoms. The Kier molecular flexibility index (Phi) is 5.78. The van der Waals surface area contributed by atoms with Gasteiger partial charge in [-0.15, -0.1) is 0 Å². The zero-order valence-electron chi connectivity index (χ0n) is 13.9. The molecule has 2 amide bonds. The smallest absolute Gasteiger partial charge is 0.409 e. The van der Waals surface area contributed by atoms with Crippen LogP contribution in [-0.2, 0) is 9.53 Å². The van der Waals surface area contributed by atoms with Crippen molar-refractivity contribution < 1.29 is 19.1 Å². The molecule has 0 aliphatic heterocycles. The lowest BCUT2D eigenvalue weighted by atomic mass is 10.2. The number of carbonyl (C=O) groups excluding carboxylic acids is 2. The van der Waals surface area contributed by atoms with Gasteiger partial charge in [0, 0.05) is 7.05 Å². The first-order chi connectivity index (χ1) is 11.5. The predicted molar refractivity (Wildman–Crippen MR) is 91.4 cm³/mol. The van der Waals surface area contributed by atoms with Crippen LogP contribution in [-0.4, -0.2) is 37.6 Å². The fourth-order valence-electron chi connectivity index (χ4n) is 2.02. The monoisotopic (exact) mass is 328 g/mol. The average Bonchev–Trinajstić information content (AvgIpc) is 2.57. The summed E-state index contributed by atoms with van der Waals surface area (Å²) < 4.78 is 10.4. The number of para-hydroxylation sites is 2. The second-order valence-electron chi connectivity index (χ2n) is 5.29. The van der Waals surface area contributed by atoms with Gasteiger partial charge < -0.3 is 19.7 Å². The molecule has 1 N–H and O–H groups in total. The van der Waals surface area contributed by atoms with Crippen LogP contribution in [0.5, 0.6) is 11.5 Å². The van der Waals surface area contributed by atoms with Crippen LogP contribution in [0.25, 0.3) is 0 Å². The van der Waals surface area contributed by atoms with E-state index in [2.05, 4.69) is 10.1 Å². The molecule has 0 atom stereocenters. The van der Waals surface area contributed by atoms with Crippen LogP contribution in [0.2, 0.25) is 0 Å². The summed E-state index contributed by atoms with van der Waals surface area (Å²) in [5, 5.41) is 2.74. The van der Waals surface area contributed by atoms with E-state index in [-0.39, 0.29) is 12.5 Å². The van der Waals surface area contributed by atoms with Gasteiger partial charge in [-0.05, 0) is 31.2 Å². The lowest BCUT2D eigenvalue weighted by Gasteiger charge is -2.16. The summed E-state index contributed by atoms with van der Waals surface area (Å²) in [6.07, 6.45) is -0.575. The maximum absolute atomic E-state index is 12.1. The minimum absolute atomic E-state index is 0.120. The summed E-state index contributed by atoms with van der Waals surface area (Å²) >= 11 is 0. The van der Waals surface area contributed by atoms with E-state index in [0.29, 0.717) is 17.2 Å². The Morgan fingerprint density at radius 3 is 2.42 bits per heavy atom. The van der Waals surface area contributed by atoms with Crippen LogP contribution >= 0.6 is 0 Å². The number of methoxy groups -OCH3 is 1. The summed E-state index contributed by atoms with van der Waals surface area (Å²) in [4.78, 5) is 24.6. The summed E-state index contributed by atoms with van der Waals surface area (Å²) in [7, 11) is 2.75. The van der Waals surface area contributed by atoms with Gasteiger partial charge in [-0.1, -0.05) is 29.8 Å². The normalized spacial score (nSPS) is 9.96. The third kappa shape index (κ3) is 4.74. The predicted octanol–water partition coefficient (Wildman–Crippen LogP) is 3.42. The van der Waals surface area contributed by atoms with Gasteiger partial charge in [0.05, 0.1) is 12.8 Å².